The van der Waals surface area contributed by atoms with E-state index in [0.29, 0.717) is 11.1 Å². The van der Waals surface area contributed by atoms with Gasteiger partial charge in [-0.1, -0.05) is 36.4 Å². The Morgan fingerprint density at radius 3 is 2.41 bits per heavy atom. The first-order chi connectivity index (χ1) is 13.1. The van der Waals surface area contributed by atoms with Crippen LogP contribution in [-0.2, 0) is 7.05 Å². The molecule has 2 amide bonds. The number of para-hydroxylation sites is 2. The van der Waals surface area contributed by atoms with Crippen molar-refractivity contribution in [3.05, 3.63) is 84.3 Å². The molecule has 7 heteroatoms. The molecule has 0 spiro atoms. The number of carbonyl (C=O) groups is 2. The monoisotopic (exact) mass is 359 g/mol. The second kappa shape index (κ2) is 6.80. The Bertz CT molecular complexity index is 1130. The van der Waals surface area contributed by atoms with E-state index in [1.165, 1.54) is 6.20 Å². The third-order valence-electron chi connectivity index (χ3n) is 4.30. The number of hydrazine groups is 1. The van der Waals surface area contributed by atoms with Crippen LogP contribution in [0, 0.1) is 0 Å². The average molecular weight is 359 g/mol. The molecule has 7 nitrogen and oxygen atoms in total. The number of hydrogen-bond donors (Lipinski definition) is 2. The summed E-state index contributed by atoms with van der Waals surface area (Å²) in [5.74, 6) is -0.818. The third kappa shape index (κ3) is 3.18. The Balaban J connectivity index is 1.46. The standard InChI is InChI=1S/C20H17N5O2/c1-24-13-17(16-9-5-6-10-18(16)24)20(27)23-22-19(26)14-11-21-25(12-14)15-7-3-2-4-8-15/h2-13H,1H3,(H,22,26)(H,23,27). The number of fused-ring (bicyclic) bond motifs is 1. The molecule has 0 saturated carbocycles. The van der Waals surface area contributed by atoms with Crippen molar-refractivity contribution in [2.45, 2.75) is 0 Å². The van der Waals surface area contributed by atoms with Crippen LogP contribution in [0.1, 0.15) is 20.7 Å². The highest BCUT2D eigenvalue weighted by atomic mass is 16.2. The quantitative estimate of drug-likeness (QED) is 0.551. The van der Waals surface area contributed by atoms with E-state index in [2.05, 4.69) is 16.0 Å². The van der Waals surface area contributed by atoms with Crippen molar-refractivity contribution in [2.75, 3.05) is 0 Å². The first-order valence-corrected chi connectivity index (χ1v) is 8.38. The van der Waals surface area contributed by atoms with Gasteiger partial charge in [0.1, 0.15) is 0 Å². The van der Waals surface area contributed by atoms with E-state index < -0.39 is 5.91 Å². The van der Waals surface area contributed by atoms with Crippen LogP contribution < -0.4 is 10.9 Å². The fourth-order valence-corrected chi connectivity index (χ4v) is 2.94. The smallest absolute Gasteiger partial charge is 0.272 e. The predicted octanol–water partition coefficient (Wildman–Crippen LogP) is 2.44. The summed E-state index contributed by atoms with van der Waals surface area (Å²) in [5, 5.41) is 5.00. The van der Waals surface area contributed by atoms with Crippen molar-refractivity contribution < 1.29 is 9.59 Å². The lowest BCUT2D eigenvalue weighted by Gasteiger charge is -2.05. The Morgan fingerprint density at radius 1 is 0.889 bits per heavy atom. The van der Waals surface area contributed by atoms with Crippen molar-refractivity contribution in [3.8, 4) is 5.69 Å². The van der Waals surface area contributed by atoms with Gasteiger partial charge in [-0.15, -0.1) is 0 Å². The molecule has 4 rings (SSSR count). The van der Waals surface area contributed by atoms with E-state index in [9.17, 15) is 9.59 Å². The van der Waals surface area contributed by atoms with Gasteiger partial charge >= 0.3 is 0 Å². The summed E-state index contributed by atoms with van der Waals surface area (Å²) >= 11 is 0. The molecule has 0 saturated heterocycles. The fourth-order valence-electron chi connectivity index (χ4n) is 2.94. The molecule has 0 unspecified atom stereocenters. The van der Waals surface area contributed by atoms with Crippen LogP contribution in [0.2, 0.25) is 0 Å². The van der Waals surface area contributed by atoms with Gasteiger partial charge in [0, 0.05) is 30.3 Å². The number of carbonyl (C=O) groups excluding carboxylic acids is 2. The minimum atomic E-state index is -0.439. The van der Waals surface area contributed by atoms with E-state index in [0.717, 1.165) is 16.6 Å². The summed E-state index contributed by atoms with van der Waals surface area (Å²) in [6, 6.07) is 17.0. The van der Waals surface area contributed by atoms with Crippen LogP contribution in [0.25, 0.3) is 16.6 Å². The highest BCUT2D eigenvalue weighted by molar-refractivity contribution is 6.07. The largest absolute Gasteiger partial charge is 0.350 e. The van der Waals surface area contributed by atoms with Gasteiger partial charge in [0.05, 0.1) is 23.0 Å². The second-order valence-electron chi connectivity index (χ2n) is 6.09. The molecule has 0 fully saturated rings. The maximum atomic E-state index is 12.5. The molecule has 0 bridgehead atoms. The minimum Gasteiger partial charge on any atom is -0.350 e. The van der Waals surface area contributed by atoms with Crippen LogP contribution in [-0.4, -0.2) is 26.2 Å². The van der Waals surface area contributed by atoms with Crippen LogP contribution in [0.3, 0.4) is 0 Å². The van der Waals surface area contributed by atoms with E-state index in [-0.39, 0.29) is 5.91 Å². The van der Waals surface area contributed by atoms with Gasteiger partial charge in [-0.05, 0) is 18.2 Å². The number of rotatable bonds is 3. The molecule has 2 aromatic carbocycles. The molecule has 2 heterocycles. The van der Waals surface area contributed by atoms with E-state index >= 15 is 0 Å². The molecule has 0 aliphatic heterocycles. The van der Waals surface area contributed by atoms with Crippen LogP contribution >= 0.6 is 0 Å². The van der Waals surface area contributed by atoms with Crippen molar-refractivity contribution >= 4 is 22.7 Å². The predicted molar refractivity (Wildman–Crippen MR) is 101 cm³/mol. The van der Waals surface area contributed by atoms with Crippen molar-refractivity contribution in [2.24, 2.45) is 7.05 Å². The number of nitrogens with zero attached hydrogens (tertiary/aromatic N) is 3. The van der Waals surface area contributed by atoms with Gasteiger partial charge < -0.3 is 4.57 Å². The average Bonchev–Trinajstić information content (AvgIpc) is 3.32. The molecule has 0 radical (unpaired) electrons. The molecule has 27 heavy (non-hydrogen) atoms. The molecular weight excluding hydrogens is 342 g/mol. The fraction of sp³-hybridized carbons (Fsp3) is 0.0500. The van der Waals surface area contributed by atoms with Crippen LogP contribution in [0.5, 0.6) is 0 Å². The number of aryl methyl sites for hydroxylation is 1. The first kappa shape index (κ1) is 16.6. The highest BCUT2D eigenvalue weighted by Gasteiger charge is 2.15. The molecule has 4 aromatic rings. The topological polar surface area (TPSA) is 81.0 Å². The van der Waals surface area contributed by atoms with Gasteiger partial charge in [0.15, 0.2) is 0 Å². The molecular formula is C20H17N5O2. The van der Waals surface area contributed by atoms with Gasteiger partial charge in [0.2, 0.25) is 0 Å². The van der Waals surface area contributed by atoms with E-state index in [1.807, 2.05) is 66.2 Å². The molecule has 0 atom stereocenters. The lowest BCUT2D eigenvalue weighted by atomic mass is 10.2. The maximum absolute atomic E-state index is 12.5. The molecule has 0 aliphatic carbocycles. The summed E-state index contributed by atoms with van der Waals surface area (Å²) in [7, 11) is 1.87. The number of benzene rings is 2. The number of aromatic nitrogens is 3. The summed E-state index contributed by atoms with van der Waals surface area (Å²) in [6.45, 7) is 0. The SMILES string of the molecule is Cn1cc(C(=O)NNC(=O)c2cnn(-c3ccccc3)c2)c2ccccc21. The Labute approximate surface area is 155 Å². The lowest BCUT2D eigenvalue weighted by molar-refractivity contribution is 0.0847. The van der Waals surface area contributed by atoms with Gasteiger partial charge in [-0.3, -0.25) is 20.4 Å². The zero-order valence-corrected chi connectivity index (χ0v) is 14.6. The van der Waals surface area contributed by atoms with Gasteiger partial charge in [0.25, 0.3) is 11.8 Å². The number of nitrogens with one attached hydrogen (secondary N) is 2. The van der Waals surface area contributed by atoms with Gasteiger partial charge in [-0.2, -0.15) is 5.10 Å². The lowest BCUT2D eigenvalue weighted by Crippen LogP contribution is -2.41. The maximum Gasteiger partial charge on any atom is 0.272 e. The molecule has 2 aromatic heterocycles. The molecule has 134 valence electrons. The summed E-state index contributed by atoms with van der Waals surface area (Å²) in [4.78, 5) is 24.8. The third-order valence-corrected chi connectivity index (χ3v) is 4.30. The minimum absolute atomic E-state index is 0.345. The van der Waals surface area contributed by atoms with Crippen molar-refractivity contribution in [1.82, 2.24) is 25.2 Å². The molecule has 2 N–H and O–H groups in total. The van der Waals surface area contributed by atoms with E-state index in [1.54, 1.807) is 17.1 Å². The van der Waals surface area contributed by atoms with Crippen LogP contribution in [0.15, 0.2) is 73.2 Å². The molecule has 0 aliphatic rings. The Hall–Kier alpha value is -3.87. The first-order valence-electron chi connectivity index (χ1n) is 8.38. The van der Waals surface area contributed by atoms with Gasteiger partial charge in [-0.25, -0.2) is 4.68 Å². The number of hydrogen-bond acceptors (Lipinski definition) is 3. The van der Waals surface area contributed by atoms with E-state index in [4.69, 9.17) is 0 Å². The Morgan fingerprint density at radius 2 is 1.59 bits per heavy atom. The van der Waals surface area contributed by atoms with Crippen molar-refractivity contribution in [3.63, 3.8) is 0 Å². The zero-order chi connectivity index (χ0) is 18.8. The second-order valence-corrected chi connectivity index (χ2v) is 6.09. The zero-order valence-electron chi connectivity index (χ0n) is 14.6. The number of amides is 2. The van der Waals surface area contributed by atoms with Crippen molar-refractivity contribution in [1.29, 1.82) is 0 Å². The Kier molecular flexibility index (Phi) is 4.18. The summed E-state index contributed by atoms with van der Waals surface area (Å²) in [5.41, 5.74) is 7.52. The highest BCUT2D eigenvalue weighted by Crippen LogP contribution is 2.19. The normalized spacial score (nSPS) is 10.7. The summed E-state index contributed by atoms with van der Waals surface area (Å²) in [6.07, 6.45) is 4.79. The van der Waals surface area contributed by atoms with Crippen LogP contribution in [0.4, 0.5) is 0 Å². The summed E-state index contributed by atoms with van der Waals surface area (Å²) < 4.78 is 3.47.